The van der Waals surface area contributed by atoms with Crippen LogP contribution in [0.15, 0.2) is 84.6 Å². The summed E-state index contributed by atoms with van der Waals surface area (Å²) in [5, 5.41) is 112. The molecule has 2 aromatic rings. The number of carbonyl (C=O) groups is 2. The average molecular weight is 1040 g/mol. The molecular weight excluding hydrogens is 969 g/mol. The van der Waals surface area contributed by atoms with Gasteiger partial charge < -0.3 is 66.6 Å². The average Bonchev–Trinajstić information content (AvgIpc) is 3.68. The number of nitrogens with zero attached hydrogens (tertiary/aromatic N) is 2. The second-order valence-electron chi connectivity index (χ2n) is 18.3. The van der Waals surface area contributed by atoms with Gasteiger partial charge in [0.15, 0.2) is 11.9 Å². The Kier molecular flexibility index (Phi) is 22.1. The van der Waals surface area contributed by atoms with Gasteiger partial charge in [-0.15, -0.1) is 0 Å². The number of amides is 2. The van der Waals surface area contributed by atoms with Crippen LogP contribution < -0.4 is 15.5 Å². The van der Waals surface area contributed by atoms with Gasteiger partial charge in [0, 0.05) is 82.9 Å². The molecule has 0 saturated heterocycles. The highest BCUT2D eigenvalue weighted by molar-refractivity contribution is 7.94. The zero-order valence-electron chi connectivity index (χ0n) is 40.0. The Balaban J connectivity index is 1.57. The lowest BCUT2D eigenvalue weighted by molar-refractivity contribution is -0.438. The summed E-state index contributed by atoms with van der Waals surface area (Å²) >= 11 is 0.929. The SMILES string of the molecule is CC1(C)C(=CC=CC=CC=CC2=[N+](CCCCS(=O)(=O)O)c3ccc(C(=O)NCC(O)C(O)C(O)C(O)CO)cc3C2(C)C)N(CCCCSOO)c2ccc(C(=O)NC(O)C(O)C(O)C(O)CO)cc21. The molecule has 21 nitrogen and oxygen atoms in total. The van der Waals surface area contributed by atoms with Gasteiger partial charge in [0.1, 0.15) is 43.2 Å². The highest BCUT2D eigenvalue weighted by atomic mass is 32.2. The lowest BCUT2D eigenvalue weighted by Gasteiger charge is -2.27. The van der Waals surface area contributed by atoms with Gasteiger partial charge in [0.25, 0.3) is 21.9 Å². The van der Waals surface area contributed by atoms with Crippen LogP contribution >= 0.6 is 12.0 Å². The maximum Gasteiger partial charge on any atom is 0.264 e. The van der Waals surface area contributed by atoms with Crippen molar-refractivity contribution in [2.24, 2.45) is 0 Å². The Morgan fingerprint density at radius 2 is 1.34 bits per heavy atom. The number of fused-ring (bicyclic) bond motifs is 2. The fourth-order valence-electron chi connectivity index (χ4n) is 8.43. The van der Waals surface area contributed by atoms with E-state index in [4.69, 9.17) is 15.5 Å². The van der Waals surface area contributed by atoms with Gasteiger partial charge in [-0.05, 0) is 75.1 Å². The largest absolute Gasteiger partial charge is 0.394 e. The maximum absolute atomic E-state index is 13.3. The number of benzene rings is 2. The number of carbonyl (C=O) groups excluding carboxylic acids is 2. The number of anilines is 1. The molecule has 2 aliphatic heterocycles. The van der Waals surface area contributed by atoms with Crippen LogP contribution in [-0.2, 0) is 25.3 Å². The number of hydrogen-bond acceptors (Lipinski definition) is 18. The van der Waals surface area contributed by atoms with Crippen LogP contribution in [-0.4, -0.2) is 185 Å². The Morgan fingerprint density at radius 1 is 0.746 bits per heavy atom. The number of allylic oxidation sites excluding steroid dienone is 8. The molecule has 8 atom stereocenters. The van der Waals surface area contributed by atoms with E-state index in [9.17, 15) is 63.4 Å². The molecule has 2 aromatic carbocycles. The van der Waals surface area contributed by atoms with Crippen LogP contribution in [0.2, 0.25) is 0 Å². The van der Waals surface area contributed by atoms with Gasteiger partial charge >= 0.3 is 0 Å². The molecule has 394 valence electrons. The van der Waals surface area contributed by atoms with Crippen molar-refractivity contribution >= 4 is 51.1 Å². The zero-order chi connectivity index (χ0) is 52.8. The summed E-state index contributed by atoms with van der Waals surface area (Å²) < 4.78 is 38.4. The fourth-order valence-corrected chi connectivity index (χ4v) is 9.40. The van der Waals surface area contributed by atoms with Crippen LogP contribution in [0.1, 0.15) is 85.2 Å². The third-order valence-corrected chi connectivity index (χ3v) is 13.9. The van der Waals surface area contributed by atoms with Gasteiger partial charge in [-0.25, -0.2) is 5.26 Å². The van der Waals surface area contributed by atoms with Crippen molar-refractivity contribution in [2.45, 2.75) is 113 Å². The van der Waals surface area contributed by atoms with E-state index in [1.54, 1.807) is 36.4 Å². The summed E-state index contributed by atoms with van der Waals surface area (Å²) in [6.07, 6.45) is 0.338. The van der Waals surface area contributed by atoms with Crippen molar-refractivity contribution in [3.8, 4) is 0 Å². The van der Waals surface area contributed by atoms with E-state index in [0.717, 1.165) is 58.8 Å². The van der Waals surface area contributed by atoms with Crippen molar-refractivity contribution < 1.29 is 87.8 Å². The van der Waals surface area contributed by atoms with E-state index >= 15 is 0 Å². The van der Waals surface area contributed by atoms with E-state index in [0.29, 0.717) is 25.3 Å². The molecule has 4 rings (SSSR count). The van der Waals surface area contributed by atoms with Gasteiger partial charge in [-0.1, -0.05) is 44.2 Å². The van der Waals surface area contributed by atoms with Crippen LogP contribution in [0.3, 0.4) is 0 Å². The molecule has 0 radical (unpaired) electrons. The van der Waals surface area contributed by atoms with Crippen molar-refractivity contribution in [3.63, 3.8) is 0 Å². The number of aliphatic hydroxyl groups excluding tert-OH is 10. The lowest BCUT2D eigenvalue weighted by Crippen LogP contribution is -2.52. The van der Waals surface area contributed by atoms with Crippen LogP contribution in [0.4, 0.5) is 11.4 Å². The highest BCUT2D eigenvalue weighted by Crippen LogP contribution is 2.48. The minimum Gasteiger partial charge on any atom is -0.394 e. The molecule has 2 aliphatic rings. The van der Waals surface area contributed by atoms with Gasteiger partial charge in [0.05, 0.1) is 30.5 Å². The van der Waals surface area contributed by atoms with Gasteiger partial charge in [0.2, 0.25) is 5.69 Å². The number of aliphatic hydroxyl groups is 10. The predicted octanol–water partition coefficient (Wildman–Crippen LogP) is 0.288. The summed E-state index contributed by atoms with van der Waals surface area (Å²) in [5.41, 5.74) is 3.91. The topological polar surface area (TPSA) is 351 Å². The van der Waals surface area contributed by atoms with Crippen molar-refractivity contribution in [1.29, 1.82) is 0 Å². The molecule has 0 saturated carbocycles. The second kappa shape index (κ2) is 26.5. The van der Waals surface area contributed by atoms with Crippen molar-refractivity contribution in [2.75, 3.05) is 49.3 Å². The molecule has 71 heavy (non-hydrogen) atoms. The Bertz CT molecular complexity index is 2410. The molecule has 14 N–H and O–H groups in total. The van der Waals surface area contributed by atoms with Crippen LogP contribution in [0.25, 0.3) is 0 Å². The van der Waals surface area contributed by atoms with E-state index in [1.807, 2.05) is 74.8 Å². The van der Waals surface area contributed by atoms with Gasteiger partial charge in [-0.2, -0.15) is 17.3 Å². The van der Waals surface area contributed by atoms with Crippen LogP contribution in [0.5, 0.6) is 0 Å². The number of rotatable bonds is 28. The zero-order valence-corrected chi connectivity index (χ0v) is 41.7. The van der Waals surface area contributed by atoms with Crippen molar-refractivity contribution in [3.05, 3.63) is 107 Å². The third-order valence-electron chi connectivity index (χ3n) is 12.5. The normalized spacial score (nSPS) is 19.5. The minimum atomic E-state index is -4.17. The third kappa shape index (κ3) is 15.3. The Labute approximate surface area is 417 Å². The van der Waals surface area contributed by atoms with Crippen LogP contribution in [0, 0.1) is 0 Å². The standard InChI is InChI=1S/C48H68N4O17S2/c1-47(2)31-24-29(44(62)49-26-35(55)40(58)41(59)36(56)27-53)16-18-33(31)52(21-11-13-23-71(66,67)68)39(47)15-9-7-5-6-8-14-38-48(3,4)32-25-30(17-19-34(32)51(38)20-10-12-22-70-69-65)45(63)50-46(64)43(61)42(60)37(57)28-54/h5-9,14-19,24-25,35-37,40-43,46,53-61,64H,10-13,20-23,26-28H2,1-4H3,(H3-,49,50,62,63,65,66,67,68)/p+1. The Hall–Kier alpha value is -4.41. The quantitative estimate of drug-likeness (QED) is 0.00796. The molecular formula is C48H69N4O17S2+. The molecule has 0 fully saturated rings. The van der Waals surface area contributed by atoms with Crippen molar-refractivity contribution in [1.82, 2.24) is 10.6 Å². The number of unbranched alkanes of at least 4 members (excludes halogenated alkanes) is 2. The molecule has 0 spiro atoms. The first kappa shape index (κ1) is 59.2. The monoisotopic (exact) mass is 1040 g/mol. The molecule has 23 heteroatoms. The summed E-state index contributed by atoms with van der Waals surface area (Å²) in [6.45, 7) is 6.65. The molecule has 0 aromatic heterocycles. The first-order valence-electron chi connectivity index (χ1n) is 23.0. The molecule has 2 heterocycles. The predicted molar refractivity (Wildman–Crippen MR) is 265 cm³/mol. The summed E-state index contributed by atoms with van der Waals surface area (Å²) in [5.74, 6) is -1.21. The minimum absolute atomic E-state index is 0.154. The van der Waals surface area contributed by atoms with E-state index < -0.39 is 107 Å². The number of hydrogen-bond donors (Lipinski definition) is 14. The first-order valence-corrected chi connectivity index (χ1v) is 25.5. The fraction of sp³-hybridized carbons (Fsp3) is 0.521. The summed E-state index contributed by atoms with van der Waals surface area (Å²) in [6, 6.07) is 10.0. The highest BCUT2D eigenvalue weighted by Gasteiger charge is 2.45. The lowest BCUT2D eigenvalue weighted by atomic mass is 9.80. The van der Waals surface area contributed by atoms with E-state index in [-0.39, 0.29) is 17.5 Å². The smallest absolute Gasteiger partial charge is 0.264 e. The van der Waals surface area contributed by atoms with E-state index in [2.05, 4.69) is 19.9 Å². The molecule has 8 unspecified atom stereocenters. The maximum atomic E-state index is 13.3. The number of nitrogens with one attached hydrogen (secondary N) is 2. The molecule has 2 amide bonds. The van der Waals surface area contributed by atoms with Gasteiger partial charge in [-0.3, -0.25) is 14.1 Å². The summed E-state index contributed by atoms with van der Waals surface area (Å²) in [7, 11) is -4.17. The second-order valence-corrected chi connectivity index (χ2v) is 20.7. The Morgan fingerprint density at radius 3 is 1.99 bits per heavy atom. The summed E-state index contributed by atoms with van der Waals surface area (Å²) in [4.78, 5) is 28.6. The molecule has 0 bridgehead atoms. The first-order chi connectivity index (χ1) is 33.4. The molecule has 0 aliphatic carbocycles. The van der Waals surface area contributed by atoms with E-state index in [1.165, 1.54) is 0 Å².